The number of unbranched alkanes of at least 4 members (excludes halogenated alkanes) is 29. The Morgan fingerprint density at radius 3 is 0.483 bits per heavy atom. The van der Waals surface area contributed by atoms with Crippen LogP contribution in [0.1, 0.15) is 218 Å². The summed E-state index contributed by atoms with van der Waals surface area (Å²) in [5.74, 6) is 0. The van der Waals surface area contributed by atoms with Crippen molar-refractivity contribution in [2.24, 2.45) is 0 Å². The zero-order valence-electron chi connectivity index (χ0n) is 84.6. The van der Waals surface area contributed by atoms with Crippen molar-refractivity contribution in [2.75, 3.05) is 68.0 Å². The molecule has 0 aromatic heterocycles. The highest BCUT2D eigenvalue weighted by Gasteiger charge is 2.45. The average Bonchev–Trinajstić information content (AvgIpc) is 0.718. The van der Waals surface area contributed by atoms with Gasteiger partial charge >= 0.3 is 35.0 Å². The third-order valence-corrected chi connectivity index (χ3v) is 66.6. The molecule has 0 bridgehead atoms. The fourth-order valence-corrected chi connectivity index (χ4v) is 70.0. The second kappa shape index (κ2) is 82.7. The standard InChI is InChI=1S/2C18H45NO4Si4.C17H41NO3Si3.C16H37NO2Si2.C12H33NO4Si4/c2*1-19(18-20)16-14-12-10-8-9-11-13-15-17-27(21-24(2)3,22-25(4)5)23-26(6)7;1-18(17-19)15-13-11-9-7-8-10-12-14-16-24(6,20-22(2)3)21-23(4)5;1-17(16-18)14-12-10-8-6-7-9-11-13-15-21(4,5)19-20(2)3;1-13(12-14)10-8-9-11-21(15-18(2)3,16-19(4)5)17-20(6)7/h2*18,24-26H,8-17H2,1-7H3;17,22-23H,7-16H2,1-6H3;16,20H,6-15H2,1-5H3;12,18-20H,8-11H2,1-7H3. The van der Waals surface area contributed by atoms with Crippen LogP contribution < -0.4 is 0 Å². The smallest absolute Gasteiger partial charge is 0.458 e. The molecule has 0 rings (SSSR count). The molecular formula is C81H201N5O17Si17. The van der Waals surface area contributed by atoms with Crippen LogP contribution in [-0.4, -0.2) is 276 Å². The van der Waals surface area contributed by atoms with E-state index in [0.717, 1.165) is 121 Å². The number of carbonyl (C=O) groups is 5. The van der Waals surface area contributed by atoms with Crippen molar-refractivity contribution in [3.05, 3.63) is 0 Å². The van der Waals surface area contributed by atoms with Crippen LogP contribution in [0.3, 0.4) is 0 Å². The molecule has 0 saturated carbocycles. The summed E-state index contributed by atoms with van der Waals surface area (Å²) in [6, 6.07) is 5.40. The van der Waals surface area contributed by atoms with Gasteiger partial charge < -0.3 is 73.9 Å². The van der Waals surface area contributed by atoms with Gasteiger partial charge in [-0.1, -0.05) is 167 Å². The van der Waals surface area contributed by atoms with E-state index in [9.17, 15) is 24.0 Å². The number of hydrogen-bond acceptors (Lipinski definition) is 17. The minimum absolute atomic E-state index is 0.783. The predicted molar refractivity (Wildman–Crippen MR) is 560 cm³/mol. The van der Waals surface area contributed by atoms with E-state index >= 15 is 0 Å². The molecule has 120 heavy (non-hydrogen) atoms. The predicted octanol–water partition coefficient (Wildman–Crippen LogP) is 18.7. The van der Waals surface area contributed by atoms with Crippen LogP contribution in [0.25, 0.3) is 0 Å². The van der Waals surface area contributed by atoms with Gasteiger partial charge in [0.15, 0.2) is 117 Å². The second-order valence-corrected chi connectivity index (χ2v) is 86.5. The maximum atomic E-state index is 10.6. The summed E-state index contributed by atoms with van der Waals surface area (Å²) >= 11 is 0. The lowest BCUT2D eigenvalue weighted by Crippen LogP contribution is -2.53. The molecule has 0 unspecified atom stereocenters. The second-order valence-electron chi connectivity index (χ2n) is 37.6. The van der Waals surface area contributed by atoms with Crippen LogP contribution in [0.2, 0.25) is 207 Å². The van der Waals surface area contributed by atoms with E-state index in [-0.39, 0.29) is 0 Å². The zero-order valence-corrected chi connectivity index (χ0v) is 103. The first-order chi connectivity index (χ1) is 56.3. The Hall–Kier alpha value is 0.557. The summed E-state index contributed by atoms with van der Waals surface area (Å²) in [4.78, 5) is 61.1. The van der Waals surface area contributed by atoms with Crippen LogP contribution in [0.5, 0.6) is 0 Å². The van der Waals surface area contributed by atoms with Crippen molar-refractivity contribution in [1.82, 2.24) is 24.5 Å². The van der Waals surface area contributed by atoms with Crippen LogP contribution in [0, 0.1) is 0 Å². The van der Waals surface area contributed by atoms with Crippen molar-refractivity contribution >= 4 is 184 Å². The third kappa shape index (κ3) is 90.5. The number of carbonyl (C=O) groups excluding carboxylic acids is 5. The molecule has 0 aliphatic heterocycles. The lowest BCUT2D eigenvalue weighted by molar-refractivity contribution is -0.117. The molecule has 0 aromatic carbocycles. The van der Waals surface area contributed by atoms with Crippen molar-refractivity contribution in [3.63, 3.8) is 0 Å². The van der Waals surface area contributed by atoms with E-state index in [4.69, 9.17) is 49.4 Å². The highest BCUT2D eigenvalue weighted by molar-refractivity contribution is 6.82. The summed E-state index contributed by atoms with van der Waals surface area (Å²) in [5, 5.41) is 0. The molecule has 0 aromatic rings. The molecule has 0 fully saturated rings. The fraction of sp³-hybridized carbons (Fsp3) is 0.938. The Labute approximate surface area is 769 Å². The van der Waals surface area contributed by atoms with Crippen LogP contribution in [-0.2, 0) is 73.4 Å². The molecule has 0 saturated heterocycles. The summed E-state index contributed by atoms with van der Waals surface area (Å²) in [6.45, 7) is 64.7. The minimum Gasteiger partial charge on any atom is -0.458 e. The molecule has 0 radical (unpaired) electrons. The first-order valence-electron chi connectivity index (χ1n) is 48.2. The molecule has 0 aliphatic rings. The van der Waals surface area contributed by atoms with E-state index in [2.05, 4.69) is 177 Å². The highest BCUT2D eigenvalue weighted by atomic mass is 28.5. The Morgan fingerprint density at radius 1 is 0.183 bits per heavy atom. The van der Waals surface area contributed by atoms with Crippen LogP contribution >= 0.6 is 0 Å². The largest absolute Gasteiger partial charge is 0.468 e. The summed E-state index contributed by atoms with van der Waals surface area (Å²) in [7, 11) is -14.9. The van der Waals surface area contributed by atoms with Gasteiger partial charge in [-0.15, -0.1) is 0 Å². The summed E-state index contributed by atoms with van der Waals surface area (Å²) < 4.78 is 76.4. The van der Waals surface area contributed by atoms with Crippen LogP contribution in [0.15, 0.2) is 0 Å². The minimum atomic E-state index is -2.49. The van der Waals surface area contributed by atoms with Crippen molar-refractivity contribution in [2.45, 2.75) is 425 Å². The normalized spacial score (nSPS) is 12.3. The van der Waals surface area contributed by atoms with Crippen LogP contribution in [0.4, 0.5) is 0 Å². The van der Waals surface area contributed by atoms with Gasteiger partial charge in [0.1, 0.15) is 0 Å². The first kappa shape index (κ1) is 129. The maximum absolute atomic E-state index is 10.6. The number of rotatable bonds is 78. The van der Waals surface area contributed by atoms with Gasteiger partial charge in [0.25, 0.3) is 0 Å². The van der Waals surface area contributed by atoms with Gasteiger partial charge in [0.2, 0.25) is 32.1 Å². The lowest BCUT2D eigenvalue weighted by atomic mass is 10.1. The first-order valence-corrected chi connectivity index (χ1v) is 93.0. The SMILES string of the molecule is CN(C=O)CCCCCCCCCC[Si](C)(C)O[SiH](C)C.CN(C=O)CCCCCCCCCC[Si](C)(O[SiH](C)C)O[SiH](C)C.CN(C=O)CCCCCCCCCC[Si](O[SiH](C)C)(O[SiH](C)C)O[SiH](C)C.CN(C=O)CCCCCCCCCC[Si](O[SiH](C)C)(O[SiH](C)C)O[SiH](C)C.CN(C=O)CCCC[Si](O[SiH](C)C)(O[SiH](C)C)O[SiH](C)C. The third-order valence-electron chi connectivity index (χ3n) is 18.8. The molecule has 720 valence electrons. The van der Waals surface area contributed by atoms with E-state index < -0.39 is 152 Å². The molecule has 0 aliphatic carbocycles. The van der Waals surface area contributed by atoms with Gasteiger partial charge in [-0.3, -0.25) is 24.0 Å². The monoisotopic (exact) mass is 1990 g/mol. The Bertz CT molecular complexity index is 2160. The molecular weight excluding hydrogens is 1790 g/mol. The molecule has 5 amide bonds. The quantitative estimate of drug-likeness (QED) is 0.0315. The molecule has 39 heteroatoms. The molecule has 0 spiro atoms. The topological polar surface area (TPSA) is 212 Å². The average molecular weight is 1990 g/mol. The molecule has 0 atom stereocenters. The van der Waals surface area contributed by atoms with Gasteiger partial charge in [-0.25, -0.2) is 0 Å². The van der Waals surface area contributed by atoms with Gasteiger partial charge in [-0.05, 0) is 240 Å². The lowest BCUT2D eigenvalue weighted by Gasteiger charge is -2.35. The Kier molecular flexibility index (Phi) is 88.9. The molecule has 22 nitrogen and oxygen atoms in total. The van der Waals surface area contributed by atoms with Gasteiger partial charge in [0.05, 0.1) is 0 Å². The van der Waals surface area contributed by atoms with E-state index in [1.54, 1.807) is 24.5 Å². The summed E-state index contributed by atoms with van der Waals surface area (Å²) in [5.41, 5.74) is 0. The van der Waals surface area contributed by atoms with Crippen molar-refractivity contribution in [1.29, 1.82) is 0 Å². The fourth-order valence-electron chi connectivity index (χ4n) is 14.2. The Balaban J connectivity index is -0.000000461. The van der Waals surface area contributed by atoms with E-state index in [0.29, 0.717) is 0 Å². The van der Waals surface area contributed by atoms with Gasteiger partial charge in [0, 0.05) is 86.1 Å². The van der Waals surface area contributed by atoms with E-state index in [1.807, 2.05) is 35.2 Å². The summed E-state index contributed by atoms with van der Waals surface area (Å²) in [6.07, 6.45) is 47.1. The number of hydrogen-bond donors (Lipinski definition) is 0. The Morgan fingerprint density at radius 2 is 0.317 bits per heavy atom. The highest BCUT2D eigenvalue weighted by Crippen LogP contribution is 2.29. The maximum Gasteiger partial charge on any atom is 0.468 e. The van der Waals surface area contributed by atoms with Crippen molar-refractivity contribution in [3.8, 4) is 0 Å². The van der Waals surface area contributed by atoms with Gasteiger partial charge in [-0.2, -0.15) is 0 Å². The zero-order chi connectivity index (χ0) is 92.4. The van der Waals surface area contributed by atoms with E-state index in [1.165, 1.54) is 192 Å². The molecule has 0 heterocycles. The van der Waals surface area contributed by atoms with Crippen molar-refractivity contribution < 1.29 is 73.4 Å². The number of amides is 5. The number of nitrogens with zero attached hydrogens (tertiary/aromatic N) is 5. The molecule has 0 N–H and O–H groups in total.